The Hall–Kier alpha value is -3.11. The average Bonchev–Trinajstić information content (AvgIpc) is 3.18. The molecule has 0 spiro atoms. The lowest BCUT2D eigenvalue weighted by Gasteiger charge is -2.24. The molecule has 136 valence electrons. The average molecular weight is 377 g/mol. The van der Waals surface area contributed by atoms with Crippen LogP contribution in [0.15, 0.2) is 65.8 Å². The van der Waals surface area contributed by atoms with Crippen molar-refractivity contribution in [3.05, 3.63) is 60.7 Å². The molecule has 7 heteroatoms. The highest BCUT2D eigenvalue weighted by molar-refractivity contribution is 8.00. The van der Waals surface area contributed by atoms with Gasteiger partial charge in [0.2, 0.25) is 11.1 Å². The molecule has 0 bridgehead atoms. The van der Waals surface area contributed by atoms with Gasteiger partial charge in [-0.15, -0.1) is 5.10 Å². The van der Waals surface area contributed by atoms with E-state index in [1.54, 1.807) is 4.90 Å². The van der Waals surface area contributed by atoms with Gasteiger partial charge in [0.25, 0.3) is 0 Å². The zero-order valence-electron chi connectivity index (χ0n) is 14.9. The van der Waals surface area contributed by atoms with Gasteiger partial charge in [0.1, 0.15) is 0 Å². The predicted octanol–water partition coefficient (Wildman–Crippen LogP) is 3.90. The minimum atomic E-state index is -0.386. The zero-order chi connectivity index (χ0) is 19.1. The Morgan fingerprint density at radius 1 is 1.19 bits per heavy atom. The number of nitrogens with one attached hydrogen (secondary N) is 1. The number of para-hydroxylation sites is 1. The molecule has 0 unspecified atom stereocenters. The van der Waals surface area contributed by atoms with E-state index >= 15 is 0 Å². The number of amides is 1. The molecule has 0 saturated carbocycles. The molecule has 2 aromatic carbocycles. The highest BCUT2D eigenvalue weighted by Crippen LogP contribution is 2.25. The Balaban J connectivity index is 1.72. The number of carbonyl (C=O) groups is 1. The van der Waals surface area contributed by atoms with Crippen molar-refractivity contribution in [1.29, 1.82) is 5.26 Å². The maximum atomic E-state index is 13.0. The standard InChI is InChI=1S/C20H19N5OS/c1-15(19(26)25(14-8-13-21)17-11-6-3-7-12-17)27-20-22-18(23-24-20)16-9-4-2-5-10-16/h2-7,9-12,15H,8,14H2,1H3,(H,22,23,24)/t15-/m0/s1. The van der Waals surface area contributed by atoms with Crippen molar-refractivity contribution in [2.45, 2.75) is 23.8 Å². The molecule has 1 N–H and O–H groups in total. The predicted molar refractivity (Wildman–Crippen MR) is 106 cm³/mol. The van der Waals surface area contributed by atoms with Crippen LogP contribution in [0, 0.1) is 11.3 Å². The molecule has 3 rings (SSSR count). The van der Waals surface area contributed by atoms with Crippen molar-refractivity contribution in [2.24, 2.45) is 0 Å². The van der Waals surface area contributed by atoms with Crippen LogP contribution < -0.4 is 4.90 Å². The monoisotopic (exact) mass is 377 g/mol. The van der Waals surface area contributed by atoms with Gasteiger partial charge in [-0.25, -0.2) is 4.98 Å². The first-order valence-electron chi connectivity index (χ1n) is 8.57. The Morgan fingerprint density at radius 3 is 2.52 bits per heavy atom. The summed E-state index contributed by atoms with van der Waals surface area (Å²) in [5, 5.41) is 16.2. The van der Waals surface area contributed by atoms with Crippen LogP contribution in [0.5, 0.6) is 0 Å². The number of hydrogen-bond donors (Lipinski definition) is 1. The molecule has 0 aliphatic carbocycles. The second-order valence-electron chi connectivity index (χ2n) is 5.83. The molecule has 0 saturated heterocycles. The smallest absolute Gasteiger partial charge is 0.240 e. The molecule has 1 amide bonds. The first-order chi connectivity index (χ1) is 13.2. The van der Waals surface area contributed by atoms with Crippen molar-refractivity contribution in [3.63, 3.8) is 0 Å². The summed E-state index contributed by atoms with van der Waals surface area (Å²) in [6, 6.07) is 21.2. The fourth-order valence-corrected chi connectivity index (χ4v) is 3.38. The summed E-state index contributed by atoms with van der Waals surface area (Å²) in [6.07, 6.45) is 0.275. The molecule has 27 heavy (non-hydrogen) atoms. The molecule has 3 aromatic rings. The molecule has 0 radical (unpaired) electrons. The number of nitrogens with zero attached hydrogens (tertiary/aromatic N) is 4. The van der Waals surface area contributed by atoms with Crippen LogP contribution in [-0.4, -0.2) is 32.9 Å². The van der Waals surface area contributed by atoms with E-state index in [-0.39, 0.29) is 17.6 Å². The Kier molecular flexibility index (Phi) is 6.23. The Bertz CT molecular complexity index is 920. The highest BCUT2D eigenvalue weighted by atomic mass is 32.2. The van der Waals surface area contributed by atoms with Gasteiger partial charge in [0.05, 0.1) is 17.7 Å². The Labute approximate surface area is 162 Å². The van der Waals surface area contributed by atoms with E-state index in [1.165, 1.54) is 11.8 Å². The normalized spacial score (nSPS) is 11.6. The van der Waals surface area contributed by atoms with Gasteiger partial charge in [-0.1, -0.05) is 60.3 Å². The second-order valence-corrected chi connectivity index (χ2v) is 7.13. The largest absolute Gasteiger partial charge is 0.310 e. The Morgan fingerprint density at radius 2 is 1.85 bits per heavy atom. The summed E-state index contributed by atoms with van der Waals surface area (Å²) >= 11 is 1.30. The number of anilines is 1. The molecule has 0 aliphatic rings. The number of aromatic nitrogens is 3. The summed E-state index contributed by atoms with van der Waals surface area (Å²) in [5.41, 5.74) is 1.72. The lowest BCUT2D eigenvalue weighted by molar-refractivity contribution is -0.117. The number of H-pyrrole nitrogens is 1. The third-order valence-corrected chi connectivity index (χ3v) is 4.87. The van der Waals surface area contributed by atoms with E-state index in [9.17, 15) is 4.79 Å². The molecule has 1 heterocycles. The molecule has 6 nitrogen and oxygen atoms in total. The first-order valence-corrected chi connectivity index (χ1v) is 9.45. The van der Waals surface area contributed by atoms with Gasteiger partial charge in [0, 0.05) is 17.8 Å². The molecular weight excluding hydrogens is 358 g/mol. The molecular formula is C20H19N5OS. The van der Waals surface area contributed by atoms with Crippen molar-refractivity contribution in [3.8, 4) is 17.5 Å². The first kappa shape index (κ1) is 18.7. The van der Waals surface area contributed by atoms with Gasteiger partial charge in [-0.3, -0.25) is 9.89 Å². The van der Waals surface area contributed by atoms with E-state index in [0.29, 0.717) is 17.5 Å². The summed E-state index contributed by atoms with van der Waals surface area (Å²) in [7, 11) is 0. The number of nitriles is 1. The second kappa shape index (κ2) is 9.01. The summed E-state index contributed by atoms with van der Waals surface area (Å²) in [4.78, 5) is 19.1. The van der Waals surface area contributed by atoms with Crippen LogP contribution in [0.4, 0.5) is 5.69 Å². The number of benzene rings is 2. The number of hydrogen-bond acceptors (Lipinski definition) is 5. The molecule has 1 atom stereocenters. The molecule has 0 fully saturated rings. The number of aromatic amines is 1. The van der Waals surface area contributed by atoms with Crippen LogP contribution in [-0.2, 0) is 4.79 Å². The fraction of sp³-hybridized carbons (Fsp3) is 0.200. The van der Waals surface area contributed by atoms with Crippen LogP contribution >= 0.6 is 11.8 Å². The van der Waals surface area contributed by atoms with Crippen LogP contribution in [0.2, 0.25) is 0 Å². The minimum Gasteiger partial charge on any atom is -0.310 e. The van der Waals surface area contributed by atoms with E-state index in [1.807, 2.05) is 67.6 Å². The van der Waals surface area contributed by atoms with Crippen LogP contribution in [0.1, 0.15) is 13.3 Å². The van der Waals surface area contributed by atoms with Crippen molar-refractivity contribution in [1.82, 2.24) is 15.2 Å². The van der Waals surface area contributed by atoms with Gasteiger partial charge in [-0.2, -0.15) is 5.26 Å². The zero-order valence-corrected chi connectivity index (χ0v) is 15.7. The van der Waals surface area contributed by atoms with Gasteiger partial charge in [0.15, 0.2) is 5.82 Å². The molecule has 1 aromatic heterocycles. The van der Waals surface area contributed by atoms with E-state index in [0.717, 1.165) is 11.3 Å². The maximum absolute atomic E-state index is 13.0. The third kappa shape index (κ3) is 4.74. The molecule has 0 aliphatic heterocycles. The lowest BCUT2D eigenvalue weighted by Crippen LogP contribution is -2.37. The van der Waals surface area contributed by atoms with Crippen molar-refractivity contribution >= 4 is 23.4 Å². The fourth-order valence-electron chi connectivity index (χ4n) is 2.59. The SMILES string of the molecule is C[C@H](Sc1n[nH]c(-c2ccccc2)n1)C(=O)N(CCC#N)c1ccccc1. The minimum absolute atomic E-state index is 0.0764. The van der Waals surface area contributed by atoms with Crippen molar-refractivity contribution < 1.29 is 4.79 Å². The number of thioether (sulfide) groups is 1. The van der Waals surface area contributed by atoms with Crippen molar-refractivity contribution in [2.75, 3.05) is 11.4 Å². The maximum Gasteiger partial charge on any atom is 0.240 e. The van der Waals surface area contributed by atoms with Gasteiger partial charge in [-0.05, 0) is 19.1 Å². The summed E-state index contributed by atoms with van der Waals surface area (Å²) in [5.74, 6) is 0.592. The van der Waals surface area contributed by atoms with E-state index in [2.05, 4.69) is 21.3 Å². The van der Waals surface area contributed by atoms with Crippen LogP contribution in [0.3, 0.4) is 0 Å². The quantitative estimate of drug-likeness (QED) is 0.631. The summed E-state index contributed by atoms with van der Waals surface area (Å²) < 4.78 is 0. The number of carbonyl (C=O) groups excluding carboxylic acids is 1. The third-order valence-electron chi connectivity index (χ3n) is 3.92. The topological polar surface area (TPSA) is 85.7 Å². The summed E-state index contributed by atoms with van der Waals surface area (Å²) in [6.45, 7) is 2.18. The highest BCUT2D eigenvalue weighted by Gasteiger charge is 2.24. The number of rotatable bonds is 7. The van der Waals surface area contributed by atoms with Gasteiger partial charge >= 0.3 is 0 Å². The van der Waals surface area contributed by atoms with E-state index < -0.39 is 0 Å². The van der Waals surface area contributed by atoms with Gasteiger partial charge < -0.3 is 4.90 Å². The van der Waals surface area contributed by atoms with E-state index in [4.69, 9.17) is 5.26 Å². The van der Waals surface area contributed by atoms with Crippen LogP contribution in [0.25, 0.3) is 11.4 Å². The lowest BCUT2D eigenvalue weighted by atomic mass is 10.2.